The average molecular weight is 262 g/mol. The van der Waals surface area contributed by atoms with Gasteiger partial charge in [0.2, 0.25) is 0 Å². The first kappa shape index (κ1) is 14.3. The van der Waals surface area contributed by atoms with Crippen molar-refractivity contribution in [2.45, 2.75) is 6.04 Å². The van der Waals surface area contributed by atoms with Crippen LogP contribution in [0.1, 0.15) is 11.6 Å². The molecular weight excluding hydrogens is 236 g/mol. The molecule has 19 heavy (non-hydrogen) atoms. The van der Waals surface area contributed by atoms with Crippen LogP contribution in [0.5, 0.6) is 0 Å². The normalized spacial score (nSPS) is 19.4. The molecule has 1 aliphatic heterocycles. The molecule has 1 heterocycles. The number of anilines is 1. The van der Waals surface area contributed by atoms with E-state index in [4.69, 9.17) is 5.73 Å². The fraction of sp³-hybridized carbons (Fsp3) is 0.600. The summed E-state index contributed by atoms with van der Waals surface area (Å²) in [5, 5.41) is 0. The maximum atomic E-state index is 6.00. The van der Waals surface area contributed by atoms with Crippen LogP contribution in [-0.2, 0) is 0 Å². The number of hydrogen-bond acceptors (Lipinski definition) is 4. The Morgan fingerprint density at radius 2 is 1.68 bits per heavy atom. The van der Waals surface area contributed by atoms with Gasteiger partial charge in [0.25, 0.3) is 0 Å². The van der Waals surface area contributed by atoms with Crippen molar-refractivity contribution in [2.24, 2.45) is 5.73 Å². The van der Waals surface area contributed by atoms with E-state index in [1.54, 1.807) is 0 Å². The molecule has 106 valence electrons. The molecule has 1 atom stereocenters. The minimum Gasteiger partial charge on any atom is -0.378 e. The van der Waals surface area contributed by atoms with Crippen molar-refractivity contribution in [3.63, 3.8) is 0 Å². The Labute approximate surface area is 116 Å². The first-order chi connectivity index (χ1) is 9.11. The van der Waals surface area contributed by atoms with Gasteiger partial charge in [-0.05, 0) is 24.7 Å². The summed E-state index contributed by atoms with van der Waals surface area (Å²) in [5.41, 5.74) is 8.57. The zero-order valence-electron chi connectivity index (χ0n) is 12.3. The molecule has 0 spiro atoms. The van der Waals surface area contributed by atoms with Gasteiger partial charge in [-0.1, -0.05) is 12.1 Å². The van der Waals surface area contributed by atoms with Crippen LogP contribution < -0.4 is 10.6 Å². The fourth-order valence-electron chi connectivity index (χ4n) is 2.62. The number of rotatable bonds is 4. The van der Waals surface area contributed by atoms with E-state index >= 15 is 0 Å². The summed E-state index contributed by atoms with van der Waals surface area (Å²) in [4.78, 5) is 7.00. The molecule has 1 fully saturated rings. The van der Waals surface area contributed by atoms with Crippen LogP contribution >= 0.6 is 0 Å². The molecular formula is C15H26N4. The van der Waals surface area contributed by atoms with Gasteiger partial charge in [0.15, 0.2) is 0 Å². The predicted octanol–water partition coefficient (Wildman–Crippen LogP) is 1.000. The van der Waals surface area contributed by atoms with Crippen LogP contribution in [-0.4, -0.2) is 63.7 Å². The zero-order chi connectivity index (χ0) is 13.8. The predicted molar refractivity (Wildman–Crippen MR) is 81.6 cm³/mol. The third-order valence-electron chi connectivity index (χ3n) is 4.00. The molecule has 1 saturated heterocycles. The van der Waals surface area contributed by atoms with E-state index in [2.05, 4.69) is 60.1 Å². The molecule has 1 aromatic rings. The second-order valence-corrected chi connectivity index (χ2v) is 5.58. The second-order valence-electron chi connectivity index (χ2n) is 5.58. The third kappa shape index (κ3) is 3.47. The number of nitrogens with two attached hydrogens (primary N) is 1. The summed E-state index contributed by atoms with van der Waals surface area (Å²) < 4.78 is 0. The minimum atomic E-state index is 0.352. The van der Waals surface area contributed by atoms with Crippen LogP contribution in [0, 0.1) is 0 Å². The number of benzene rings is 1. The quantitative estimate of drug-likeness (QED) is 0.878. The summed E-state index contributed by atoms with van der Waals surface area (Å²) in [5.74, 6) is 0. The molecule has 4 nitrogen and oxygen atoms in total. The molecule has 1 aromatic carbocycles. The molecule has 0 aliphatic carbocycles. The lowest BCUT2D eigenvalue weighted by atomic mass is 10.0. The monoisotopic (exact) mass is 262 g/mol. The molecule has 4 heteroatoms. The Hall–Kier alpha value is -1.10. The molecule has 2 rings (SSSR count). The summed E-state index contributed by atoms with van der Waals surface area (Å²) >= 11 is 0. The maximum absolute atomic E-state index is 6.00. The Morgan fingerprint density at radius 3 is 2.16 bits per heavy atom. The molecule has 2 N–H and O–H groups in total. The van der Waals surface area contributed by atoms with Gasteiger partial charge in [-0.3, -0.25) is 4.90 Å². The Balaban J connectivity index is 2.08. The highest BCUT2D eigenvalue weighted by atomic mass is 15.3. The van der Waals surface area contributed by atoms with Crippen LogP contribution in [0.25, 0.3) is 0 Å². The summed E-state index contributed by atoms with van der Waals surface area (Å²) in [6.45, 7) is 5.16. The van der Waals surface area contributed by atoms with E-state index in [-0.39, 0.29) is 0 Å². The standard InChI is InChI=1S/C15H26N4/c1-17(2)14-6-4-13(5-7-14)15(12-16)19-10-8-18(3)9-11-19/h4-7,15H,8-12,16H2,1-3H3/t15-/m1/s1. The second kappa shape index (κ2) is 6.37. The van der Waals surface area contributed by atoms with Gasteiger partial charge < -0.3 is 15.5 Å². The van der Waals surface area contributed by atoms with Crippen LogP contribution in [0.2, 0.25) is 0 Å². The van der Waals surface area contributed by atoms with Gasteiger partial charge in [0.1, 0.15) is 0 Å². The van der Waals surface area contributed by atoms with Crippen molar-refractivity contribution in [2.75, 3.05) is 58.8 Å². The maximum Gasteiger partial charge on any atom is 0.0471 e. The lowest BCUT2D eigenvalue weighted by molar-refractivity contribution is 0.114. The van der Waals surface area contributed by atoms with Gasteiger partial charge in [-0.2, -0.15) is 0 Å². The number of nitrogens with zero attached hydrogens (tertiary/aromatic N) is 3. The Bertz CT molecular complexity index is 380. The zero-order valence-corrected chi connectivity index (χ0v) is 12.3. The molecule has 0 radical (unpaired) electrons. The molecule has 0 aromatic heterocycles. The SMILES string of the molecule is CN1CCN([C@H](CN)c2ccc(N(C)C)cc2)CC1. The van der Waals surface area contributed by atoms with Gasteiger partial charge in [0, 0.05) is 58.5 Å². The highest BCUT2D eigenvalue weighted by molar-refractivity contribution is 5.46. The van der Waals surface area contributed by atoms with Crippen LogP contribution in [0.4, 0.5) is 5.69 Å². The Kier molecular flexibility index (Phi) is 4.80. The highest BCUT2D eigenvalue weighted by Crippen LogP contribution is 2.23. The largest absolute Gasteiger partial charge is 0.378 e. The third-order valence-corrected chi connectivity index (χ3v) is 4.00. The van der Waals surface area contributed by atoms with Gasteiger partial charge in [-0.25, -0.2) is 0 Å². The molecule has 0 bridgehead atoms. The van der Waals surface area contributed by atoms with E-state index in [1.807, 2.05) is 0 Å². The topological polar surface area (TPSA) is 35.7 Å². The van der Waals surface area contributed by atoms with E-state index < -0.39 is 0 Å². The van der Waals surface area contributed by atoms with E-state index in [1.165, 1.54) is 11.3 Å². The lowest BCUT2D eigenvalue weighted by Gasteiger charge is -2.37. The first-order valence-corrected chi connectivity index (χ1v) is 7.01. The van der Waals surface area contributed by atoms with E-state index in [0.29, 0.717) is 12.6 Å². The van der Waals surface area contributed by atoms with Gasteiger partial charge in [0.05, 0.1) is 0 Å². The summed E-state index contributed by atoms with van der Waals surface area (Å²) in [6.07, 6.45) is 0. The van der Waals surface area contributed by atoms with Crippen molar-refractivity contribution >= 4 is 5.69 Å². The fourth-order valence-corrected chi connectivity index (χ4v) is 2.62. The number of piperazine rings is 1. The smallest absolute Gasteiger partial charge is 0.0471 e. The molecule has 1 aliphatic rings. The van der Waals surface area contributed by atoms with Crippen molar-refractivity contribution in [1.82, 2.24) is 9.80 Å². The molecule has 0 amide bonds. The van der Waals surface area contributed by atoms with Crippen LogP contribution in [0.15, 0.2) is 24.3 Å². The molecule has 0 unspecified atom stereocenters. The van der Waals surface area contributed by atoms with E-state index in [0.717, 1.165) is 26.2 Å². The summed E-state index contributed by atoms with van der Waals surface area (Å²) in [6, 6.07) is 9.13. The molecule has 0 saturated carbocycles. The lowest BCUT2D eigenvalue weighted by Crippen LogP contribution is -2.47. The number of hydrogen-bond donors (Lipinski definition) is 1. The van der Waals surface area contributed by atoms with Crippen molar-refractivity contribution < 1.29 is 0 Å². The minimum absolute atomic E-state index is 0.352. The van der Waals surface area contributed by atoms with Crippen LogP contribution in [0.3, 0.4) is 0 Å². The number of likely N-dealkylation sites (N-methyl/N-ethyl adjacent to an activating group) is 1. The van der Waals surface area contributed by atoms with Gasteiger partial charge >= 0.3 is 0 Å². The highest BCUT2D eigenvalue weighted by Gasteiger charge is 2.22. The Morgan fingerprint density at radius 1 is 1.11 bits per heavy atom. The van der Waals surface area contributed by atoms with Gasteiger partial charge in [-0.15, -0.1) is 0 Å². The van der Waals surface area contributed by atoms with Crippen molar-refractivity contribution in [3.05, 3.63) is 29.8 Å². The average Bonchev–Trinajstić information content (AvgIpc) is 2.42. The summed E-state index contributed by atoms with van der Waals surface area (Å²) in [7, 11) is 6.31. The first-order valence-electron chi connectivity index (χ1n) is 7.01. The van der Waals surface area contributed by atoms with E-state index in [9.17, 15) is 0 Å². The van der Waals surface area contributed by atoms with Crippen molar-refractivity contribution in [1.29, 1.82) is 0 Å². The van der Waals surface area contributed by atoms with Crippen molar-refractivity contribution in [3.8, 4) is 0 Å².